The Labute approximate surface area is 71.8 Å². The van der Waals surface area contributed by atoms with E-state index in [9.17, 15) is 0 Å². The first-order valence-electron chi connectivity index (χ1n) is 3.88. The third kappa shape index (κ3) is 1.76. The minimum atomic E-state index is 0.222. The smallest absolute Gasteiger partial charge is 0.239 e. The van der Waals surface area contributed by atoms with Crippen LogP contribution in [-0.2, 0) is 0 Å². The summed E-state index contributed by atoms with van der Waals surface area (Å²) in [5, 5.41) is 3.99. The summed E-state index contributed by atoms with van der Waals surface area (Å²) < 4.78 is 1.72. The summed E-state index contributed by atoms with van der Waals surface area (Å²) in [6, 6.07) is 0.222. The second kappa shape index (κ2) is 3.77. The van der Waals surface area contributed by atoms with E-state index in [1.54, 1.807) is 11.0 Å². The molecule has 0 aliphatic carbocycles. The van der Waals surface area contributed by atoms with Gasteiger partial charge in [0.25, 0.3) is 0 Å². The number of aromatic nitrogens is 3. The zero-order valence-electron chi connectivity index (χ0n) is 7.07. The molecule has 1 atom stereocenters. The van der Waals surface area contributed by atoms with Gasteiger partial charge in [0, 0.05) is 6.42 Å². The van der Waals surface area contributed by atoms with Gasteiger partial charge in [0.05, 0.1) is 6.04 Å². The molecule has 0 aliphatic heterocycles. The van der Waals surface area contributed by atoms with Crippen molar-refractivity contribution >= 4 is 5.95 Å². The fourth-order valence-corrected chi connectivity index (χ4v) is 1.03. The third-order valence-corrected chi connectivity index (χ3v) is 1.73. The van der Waals surface area contributed by atoms with Crippen molar-refractivity contribution in [1.82, 2.24) is 14.8 Å². The van der Waals surface area contributed by atoms with E-state index < -0.39 is 0 Å². The lowest BCUT2D eigenvalue weighted by Crippen LogP contribution is -2.08. The van der Waals surface area contributed by atoms with E-state index in [1.165, 1.54) is 0 Å². The lowest BCUT2D eigenvalue weighted by Gasteiger charge is -2.10. The van der Waals surface area contributed by atoms with Crippen molar-refractivity contribution in [2.75, 3.05) is 5.73 Å². The molecule has 0 saturated heterocycles. The van der Waals surface area contributed by atoms with Crippen molar-refractivity contribution in [2.45, 2.75) is 25.8 Å². The zero-order chi connectivity index (χ0) is 8.97. The molecular formula is C8H12N4. The standard InChI is InChI=1S/C8H12N4/c1-3-5-7(4-2)12-6-10-8(9)11-12/h1,6-7H,4-5H2,2H3,(H2,9,11). The van der Waals surface area contributed by atoms with Gasteiger partial charge in [-0.3, -0.25) is 0 Å². The van der Waals surface area contributed by atoms with Crippen molar-refractivity contribution < 1.29 is 0 Å². The van der Waals surface area contributed by atoms with E-state index >= 15 is 0 Å². The molecule has 4 heteroatoms. The van der Waals surface area contributed by atoms with E-state index in [0.29, 0.717) is 12.4 Å². The maximum absolute atomic E-state index is 5.37. The SMILES string of the molecule is C#CCC(CC)n1cnc(N)n1. The Bertz CT molecular complexity index is 283. The maximum Gasteiger partial charge on any atom is 0.239 e. The second-order valence-electron chi connectivity index (χ2n) is 2.55. The number of terminal acetylenes is 1. The number of hydrogen-bond acceptors (Lipinski definition) is 3. The molecule has 1 heterocycles. The topological polar surface area (TPSA) is 56.7 Å². The Morgan fingerprint density at radius 2 is 2.58 bits per heavy atom. The molecule has 0 saturated carbocycles. The Morgan fingerprint density at radius 3 is 3.00 bits per heavy atom. The predicted molar refractivity (Wildman–Crippen MR) is 47.2 cm³/mol. The van der Waals surface area contributed by atoms with Gasteiger partial charge >= 0.3 is 0 Å². The third-order valence-electron chi connectivity index (χ3n) is 1.73. The monoisotopic (exact) mass is 164 g/mol. The first-order valence-corrected chi connectivity index (χ1v) is 3.88. The summed E-state index contributed by atoms with van der Waals surface area (Å²) in [5.41, 5.74) is 5.37. The van der Waals surface area contributed by atoms with Gasteiger partial charge < -0.3 is 5.73 Å². The van der Waals surface area contributed by atoms with Crippen LogP contribution < -0.4 is 5.73 Å². The van der Waals surface area contributed by atoms with E-state index in [0.717, 1.165) is 6.42 Å². The van der Waals surface area contributed by atoms with E-state index in [4.69, 9.17) is 12.2 Å². The van der Waals surface area contributed by atoms with Crippen molar-refractivity contribution in [3.8, 4) is 12.3 Å². The second-order valence-corrected chi connectivity index (χ2v) is 2.55. The van der Waals surface area contributed by atoms with Gasteiger partial charge in [0.1, 0.15) is 6.33 Å². The van der Waals surface area contributed by atoms with Crippen LogP contribution in [0, 0.1) is 12.3 Å². The highest BCUT2D eigenvalue weighted by Crippen LogP contribution is 2.13. The molecule has 0 aromatic carbocycles. The summed E-state index contributed by atoms with van der Waals surface area (Å²) in [7, 11) is 0. The molecule has 1 rings (SSSR count). The molecule has 64 valence electrons. The van der Waals surface area contributed by atoms with Gasteiger partial charge in [-0.25, -0.2) is 9.67 Å². The molecule has 4 nitrogen and oxygen atoms in total. The largest absolute Gasteiger partial charge is 0.367 e. The fraction of sp³-hybridized carbons (Fsp3) is 0.500. The first-order chi connectivity index (χ1) is 5.77. The number of nitrogen functional groups attached to an aromatic ring is 1. The molecule has 0 spiro atoms. The molecule has 0 aliphatic rings. The molecule has 2 N–H and O–H groups in total. The molecule has 1 aromatic heterocycles. The van der Waals surface area contributed by atoms with Gasteiger partial charge in [-0.15, -0.1) is 17.4 Å². The van der Waals surface area contributed by atoms with Gasteiger partial charge in [-0.2, -0.15) is 0 Å². The van der Waals surface area contributed by atoms with Crippen LogP contribution >= 0.6 is 0 Å². The predicted octanol–water partition coefficient (Wildman–Crippen LogP) is 0.835. The quantitative estimate of drug-likeness (QED) is 0.673. The van der Waals surface area contributed by atoms with Crippen LogP contribution in [0.4, 0.5) is 5.95 Å². The van der Waals surface area contributed by atoms with E-state index in [1.807, 2.05) is 0 Å². The van der Waals surface area contributed by atoms with Gasteiger partial charge in [-0.1, -0.05) is 6.92 Å². The van der Waals surface area contributed by atoms with Crippen LogP contribution in [0.5, 0.6) is 0 Å². The number of rotatable bonds is 3. The number of nitrogens with two attached hydrogens (primary N) is 1. The highest BCUT2D eigenvalue weighted by atomic mass is 15.4. The highest BCUT2D eigenvalue weighted by molar-refractivity contribution is 5.09. The summed E-state index contributed by atoms with van der Waals surface area (Å²) in [5.74, 6) is 2.89. The summed E-state index contributed by atoms with van der Waals surface area (Å²) >= 11 is 0. The van der Waals surface area contributed by atoms with Gasteiger partial charge in [0.2, 0.25) is 5.95 Å². The number of nitrogens with zero attached hydrogens (tertiary/aromatic N) is 3. The first kappa shape index (κ1) is 8.60. The van der Waals surface area contributed by atoms with Crippen molar-refractivity contribution in [3.05, 3.63) is 6.33 Å². The van der Waals surface area contributed by atoms with Crippen LogP contribution in [0.3, 0.4) is 0 Å². The highest BCUT2D eigenvalue weighted by Gasteiger charge is 2.07. The number of hydrogen-bond donors (Lipinski definition) is 1. The minimum absolute atomic E-state index is 0.222. The van der Waals surface area contributed by atoms with Crippen molar-refractivity contribution in [1.29, 1.82) is 0 Å². The number of anilines is 1. The Kier molecular flexibility index (Phi) is 2.70. The molecule has 1 unspecified atom stereocenters. The average molecular weight is 164 g/mol. The van der Waals surface area contributed by atoms with Gasteiger partial charge in [-0.05, 0) is 6.42 Å². The van der Waals surface area contributed by atoms with Crippen LogP contribution in [0.25, 0.3) is 0 Å². The Morgan fingerprint density at radius 1 is 1.83 bits per heavy atom. The molecule has 0 amide bonds. The lowest BCUT2D eigenvalue weighted by atomic mass is 10.2. The summed E-state index contributed by atoms with van der Waals surface area (Å²) in [6.45, 7) is 2.06. The van der Waals surface area contributed by atoms with E-state index in [-0.39, 0.29) is 6.04 Å². The summed E-state index contributed by atoms with van der Waals surface area (Å²) in [6.07, 6.45) is 8.42. The Balaban J connectivity index is 2.74. The van der Waals surface area contributed by atoms with Crippen LogP contribution in [0.2, 0.25) is 0 Å². The summed E-state index contributed by atoms with van der Waals surface area (Å²) in [4.78, 5) is 3.83. The average Bonchev–Trinajstić information content (AvgIpc) is 2.47. The van der Waals surface area contributed by atoms with Crippen molar-refractivity contribution in [2.24, 2.45) is 0 Å². The molecule has 1 aromatic rings. The molecular weight excluding hydrogens is 152 g/mol. The normalized spacial score (nSPS) is 12.3. The van der Waals surface area contributed by atoms with Crippen LogP contribution in [-0.4, -0.2) is 14.8 Å². The lowest BCUT2D eigenvalue weighted by molar-refractivity contribution is 0.450. The fourth-order valence-electron chi connectivity index (χ4n) is 1.03. The zero-order valence-corrected chi connectivity index (χ0v) is 7.07. The molecule has 0 radical (unpaired) electrons. The van der Waals surface area contributed by atoms with Crippen LogP contribution in [0.15, 0.2) is 6.33 Å². The van der Waals surface area contributed by atoms with Crippen molar-refractivity contribution in [3.63, 3.8) is 0 Å². The molecule has 0 fully saturated rings. The minimum Gasteiger partial charge on any atom is -0.367 e. The Hall–Kier alpha value is -1.50. The van der Waals surface area contributed by atoms with E-state index in [2.05, 4.69) is 22.9 Å². The maximum atomic E-state index is 5.37. The van der Waals surface area contributed by atoms with Gasteiger partial charge in [0.15, 0.2) is 0 Å². The molecule has 0 bridgehead atoms. The molecule has 12 heavy (non-hydrogen) atoms. The van der Waals surface area contributed by atoms with Crippen LogP contribution in [0.1, 0.15) is 25.8 Å².